The van der Waals surface area contributed by atoms with Gasteiger partial charge in [-0.25, -0.2) is 9.97 Å². The van der Waals surface area contributed by atoms with E-state index in [9.17, 15) is 4.79 Å². The lowest BCUT2D eigenvalue weighted by molar-refractivity contribution is -0.117. The second kappa shape index (κ2) is 6.24. The number of carbonyl (C=O) groups excluding carboxylic acids is 1. The zero-order chi connectivity index (χ0) is 16.4. The van der Waals surface area contributed by atoms with Crippen LogP contribution in [0.1, 0.15) is 25.3 Å². The number of carbonyl (C=O) groups is 1. The molecule has 0 radical (unpaired) electrons. The van der Waals surface area contributed by atoms with Crippen LogP contribution in [0.2, 0.25) is 0 Å². The van der Waals surface area contributed by atoms with Crippen LogP contribution >= 0.6 is 0 Å². The van der Waals surface area contributed by atoms with Crippen molar-refractivity contribution in [1.82, 2.24) is 9.97 Å². The van der Waals surface area contributed by atoms with Crippen LogP contribution in [-0.4, -0.2) is 29.5 Å². The summed E-state index contributed by atoms with van der Waals surface area (Å²) in [6.07, 6.45) is 5.34. The minimum Gasteiger partial charge on any atom is -0.494 e. The first-order valence-electron chi connectivity index (χ1n) is 7.73. The number of pyridine rings is 2. The average Bonchev–Trinajstić information content (AvgIpc) is 3.38. The number of hydrogen-bond donors (Lipinski definition) is 2. The first-order chi connectivity index (χ1) is 11.1. The SMILES string of the molecule is C=C(OCC)c1cnc(NC)c2cnc(NC(=O)C3CC3)cc12. The molecule has 120 valence electrons. The van der Waals surface area contributed by atoms with Crippen LogP contribution in [0.5, 0.6) is 0 Å². The van der Waals surface area contributed by atoms with Crippen LogP contribution in [0, 0.1) is 5.92 Å². The standard InChI is InChI=1S/C17H20N4O2/c1-4-23-10(2)13-8-20-16(18-3)14-9-19-15(7-12(13)14)21-17(22)11-5-6-11/h7-9,11H,2,4-6H2,1,3H3,(H,18,20)(H,19,21,22). The van der Waals surface area contributed by atoms with Gasteiger partial charge in [-0.15, -0.1) is 0 Å². The van der Waals surface area contributed by atoms with Gasteiger partial charge in [0.2, 0.25) is 5.91 Å². The van der Waals surface area contributed by atoms with Crippen LogP contribution in [0.15, 0.2) is 25.0 Å². The Hall–Kier alpha value is -2.63. The van der Waals surface area contributed by atoms with Gasteiger partial charge in [0.1, 0.15) is 17.4 Å². The van der Waals surface area contributed by atoms with E-state index in [1.807, 2.05) is 20.0 Å². The molecule has 0 aromatic carbocycles. The van der Waals surface area contributed by atoms with Crippen molar-refractivity contribution in [2.24, 2.45) is 5.92 Å². The largest absolute Gasteiger partial charge is 0.494 e. The lowest BCUT2D eigenvalue weighted by atomic mass is 10.1. The molecule has 1 saturated carbocycles. The average molecular weight is 312 g/mol. The molecule has 2 heterocycles. The van der Waals surface area contributed by atoms with Crippen molar-refractivity contribution in [2.45, 2.75) is 19.8 Å². The number of anilines is 2. The molecule has 0 unspecified atom stereocenters. The minimum absolute atomic E-state index is 0.0323. The zero-order valence-electron chi connectivity index (χ0n) is 13.3. The van der Waals surface area contributed by atoms with Crippen molar-refractivity contribution in [2.75, 3.05) is 24.3 Å². The zero-order valence-corrected chi connectivity index (χ0v) is 13.3. The summed E-state index contributed by atoms with van der Waals surface area (Å²) in [6.45, 7) is 6.40. The van der Waals surface area contributed by atoms with E-state index < -0.39 is 0 Å². The van der Waals surface area contributed by atoms with E-state index in [1.165, 1.54) is 0 Å². The highest BCUT2D eigenvalue weighted by Gasteiger charge is 2.29. The van der Waals surface area contributed by atoms with Crippen LogP contribution < -0.4 is 10.6 Å². The smallest absolute Gasteiger partial charge is 0.228 e. The molecule has 1 aliphatic rings. The number of fused-ring (bicyclic) bond motifs is 1. The Morgan fingerprint density at radius 3 is 2.78 bits per heavy atom. The molecule has 0 atom stereocenters. The maximum absolute atomic E-state index is 11.9. The fourth-order valence-electron chi connectivity index (χ4n) is 2.45. The van der Waals surface area contributed by atoms with Gasteiger partial charge in [0.05, 0.1) is 6.61 Å². The fraction of sp³-hybridized carbons (Fsp3) is 0.353. The summed E-state index contributed by atoms with van der Waals surface area (Å²) in [6, 6.07) is 1.84. The predicted molar refractivity (Wildman–Crippen MR) is 91.1 cm³/mol. The van der Waals surface area contributed by atoms with E-state index >= 15 is 0 Å². The Morgan fingerprint density at radius 2 is 2.13 bits per heavy atom. The lowest BCUT2D eigenvalue weighted by Crippen LogP contribution is -2.14. The Kier molecular flexibility index (Phi) is 4.14. The Morgan fingerprint density at radius 1 is 1.35 bits per heavy atom. The van der Waals surface area contributed by atoms with E-state index in [0.29, 0.717) is 18.2 Å². The molecule has 6 heteroatoms. The van der Waals surface area contributed by atoms with Crippen molar-refractivity contribution < 1.29 is 9.53 Å². The van der Waals surface area contributed by atoms with Crippen molar-refractivity contribution >= 4 is 34.1 Å². The summed E-state index contributed by atoms with van der Waals surface area (Å²) in [5.74, 6) is 1.98. The molecular formula is C17H20N4O2. The molecular weight excluding hydrogens is 292 g/mol. The van der Waals surface area contributed by atoms with Crippen molar-refractivity contribution in [3.8, 4) is 0 Å². The Balaban J connectivity index is 2.04. The molecule has 0 saturated heterocycles. The Labute approximate surface area is 135 Å². The number of rotatable bonds is 6. The molecule has 2 aromatic heterocycles. The fourth-order valence-corrected chi connectivity index (χ4v) is 2.45. The monoisotopic (exact) mass is 312 g/mol. The third-order valence-electron chi connectivity index (χ3n) is 3.83. The van der Waals surface area contributed by atoms with Crippen molar-refractivity contribution in [3.05, 3.63) is 30.6 Å². The van der Waals surface area contributed by atoms with Gasteiger partial charge in [-0.05, 0) is 25.8 Å². The number of amides is 1. The molecule has 2 N–H and O–H groups in total. The third kappa shape index (κ3) is 3.11. The molecule has 0 bridgehead atoms. The normalized spacial score (nSPS) is 13.7. The lowest BCUT2D eigenvalue weighted by Gasteiger charge is -2.13. The number of ether oxygens (including phenoxy) is 1. The minimum atomic E-state index is 0.0323. The highest BCUT2D eigenvalue weighted by atomic mass is 16.5. The molecule has 1 amide bonds. The van der Waals surface area contributed by atoms with E-state index in [-0.39, 0.29) is 11.8 Å². The van der Waals surface area contributed by atoms with Crippen LogP contribution in [0.3, 0.4) is 0 Å². The van der Waals surface area contributed by atoms with Crippen LogP contribution in [0.25, 0.3) is 16.5 Å². The highest BCUT2D eigenvalue weighted by Crippen LogP contribution is 2.32. The molecule has 2 aromatic rings. The third-order valence-corrected chi connectivity index (χ3v) is 3.83. The predicted octanol–water partition coefficient (Wildman–Crippen LogP) is 3.03. The van der Waals surface area contributed by atoms with Crippen LogP contribution in [0.4, 0.5) is 11.6 Å². The highest BCUT2D eigenvalue weighted by molar-refractivity contribution is 6.01. The first kappa shape index (κ1) is 15.3. The summed E-state index contributed by atoms with van der Waals surface area (Å²) in [4.78, 5) is 20.6. The van der Waals surface area contributed by atoms with E-state index in [0.717, 1.165) is 35.0 Å². The maximum atomic E-state index is 11.9. The number of hydrogen-bond acceptors (Lipinski definition) is 5. The van der Waals surface area contributed by atoms with Gasteiger partial charge in [0, 0.05) is 41.7 Å². The second-order valence-corrected chi connectivity index (χ2v) is 5.51. The summed E-state index contributed by atoms with van der Waals surface area (Å²) in [7, 11) is 1.81. The van der Waals surface area contributed by atoms with Crippen molar-refractivity contribution in [3.63, 3.8) is 0 Å². The summed E-state index contributed by atoms with van der Waals surface area (Å²) < 4.78 is 5.52. The van der Waals surface area contributed by atoms with Gasteiger partial charge in [0.25, 0.3) is 0 Å². The summed E-state index contributed by atoms with van der Waals surface area (Å²) in [5, 5.41) is 7.67. The second-order valence-electron chi connectivity index (χ2n) is 5.51. The summed E-state index contributed by atoms with van der Waals surface area (Å²) in [5.41, 5.74) is 0.796. The van der Waals surface area contributed by atoms with Gasteiger partial charge in [0.15, 0.2) is 0 Å². The maximum Gasteiger partial charge on any atom is 0.228 e. The van der Waals surface area contributed by atoms with E-state index in [1.54, 1.807) is 12.4 Å². The molecule has 1 aliphatic carbocycles. The number of nitrogens with one attached hydrogen (secondary N) is 2. The number of aromatic nitrogens is 2. The summed E-state index contributed by atoms with van der Waals surface area (Å²) >= 11 is 0. The Bertz CT molecular complexity index is 769. The molecule has 23 heavy (non-hydrogen) atoms. The first-order valence-corrected chi connectivity index (χ1v) is 7.73. The van der Waals surface area contributed by atoms with Crippen LogP contribution in [-0.2, 0) is 9.53 Å². The molecule has 6 nitrogen and oxygen atoms in total. The van der Waals surface area contributed by atoms with Gasteiger partial charge in [-0.2, -0.15) is 0 Å². The molecule has 0 spiro atoms. The van der Waals surface area contributed by atoms with Gasteiger partial charge in [-0.1, -0.05) is 6.58 Å². The number of nitrogens with zero attached hydrogens (tertiary/aromatic N) is 2. The van der Waals surface area contributed by atoms with Gasteiger partial charge in [-0.3, -0.25) is 4.79 Å². The van der Waals surface area contributed by atoms with Crippen molar-refractivity contribution in [1.29, 1.82) is 0 Å². The van der Waals surface area contributed by atoms with Gasteiger partial charge >= 0.3 is 0 Å². The van der Waals surface area contributed by atoms with E-state index in [2.05, 4.69) is 27.2 Å². The molecule has 0 aliphatic heterocycles. The van der Waals surface area contributed by atoms with Gasteiger partial charge < -0.3 is 15.4 Å². The quantitative estimate of drug-likeness (QED) is 0.802. The molecule has 1 fully saturated rings. The molecule has 3 rings (SSSR count). The topological polar surface area (TPSA) is 76.1 Å². The van der Waals surface area contributed by atoms with E-state index in [4.69, 9.17) is 4.74 Å².